The normalized spacial score (nSPS) is 16.1. The third kappa shape index (κ3) is 3.79. The molecule has 7 heteroatoms. The predicted octanol–water partition coefficient (Wildman–Crippen LogP) is 2.30. The molecule has 0 saturated heterocycles. The lowest BCUT2D eigenvalue weighted by Gasteiger charge is -2.14. The standard InChI is InChI=1S/C18H19N5O2/c1-12(2)25-15-9-7-14(8-10-15)23-17(19)21-18(22-23)20-16-6-4-3-5-13(16)11-24/h3-10,12,16H,1-2H3,(H3,19,20,21,22). The molecule has 1 aromatic heterocycles. The highest BCUT2D eigenvalue weighted by atomic mass is 16.5. The highest BCUT2D eigenvalue weighted by Gasteiger charge is 2.16. The molecular weight excluding hydrogens is 318 g/mol. The van der Waals surface area contributed by atoms with Crippen molar-refractivity contribution >= 4 is 17.8 Å². The molecule has 0 bridgehead atoms. The molecule has 7 nitrogen and oxygen atoms in total. The summed E-state index contributed by atoms with van der Waals surface area (Å²) < 4.78 is 7.14. The molecule has 3 N–H and O–H groups in total. The van der Waals surface area contributed by atoms with Gasteiger partial charge < -0.3 is 15.8 Å². The lowest BCUT2D eigenvalue weighted by atomic mass is 10.0. The van der Waals surface area contributed by atoms with Crippen LogP contribution in [0.15, 0.2) is 54.1 Å². The molecule has 0 radical (unpaired) electrons. The summed E-state index contributed by atoms with van der Waals surface area (Å²) in [5.74, 6) is 3.26. The number of ether oxygens (including phenoxy) is 1. The number of rotatable bonds is 5. The molecule has 0 spiro atoms. The lowest BCUT2D eigenvalue weighted by molar-refractivity contribution is 0.242. The maximum absolute atomic E-state index is 11.0. The van der Waals surface area contributed by atoms with Gasteiger partial charge >= 0.3 is 0 Å². The van der Waals surface area contributed by atoms with E-state index in [2.05, 4.69) is 15.4 Å². The summed E-state index contributed by atoms with van der Waals surface area (Å²) in [6, 6.07) is 7.08. The van der Waals surface area contributed by atoms with Crippen LogP contribution in [0.4, 0.5) is 11.9 Å². The highest BCUT2D eigenvalue weighted by Crippen LogP contribution is 2.20. The Morgan fingerprint density at radius 1 is 1.28 bits per heavy atom. The SMILES string of the molecule is CC(C)Oc1ccc(-n2nc(NC3C=CC=CC3=C=O)nc2N)cc1. The number of nitrogens with zero attached hydrogens (tertiary/aromatic N) is 3. The molecule has 0 saturated carbocycles. The number of anilines is 2. The van der Waals surface area contributed by atoms with Crippen molar-refractivity contribution in [2.45, 2.75) is 26.0 Å². The van der Waals surface area contributed by atoms with Crippen LogP contribution in [0.25, 0.3) is 5.69 Å². The Morgan fingerprint density at radius 2 is 2.04 bits per heavy atom. The van der Waals surface area contributed by atoms with Gasteiger partial charge in [0.25, 0.3) is 0 Å². The van der Waals surface area contributed by atoms with E-state index >= 15 is 0 Å². The smallest absolute Gasteiger partial charge is 0.245 e. The summed E-state index contributed by atoms with van der Waals surface area (Å²) in [5, 5.41) is 7.43. The Hall–Kier alpha value is -3.31. The molecule has 1 aliphatic carbocycles. The van der Waals surface area contributed by atoms with Gasteiger partial charge in [0, 0.05) is 0 Å². The maximum Gasteiger partial charge on any atom is 0.245 e. The summed E-state index contributed by atoms with van der Waals surface area (Å²) in [7, 11) is 0. The van der Waals surface area contributed by atoms with Crippen molar-refractivity contribution in [3.05, 3.63) is 54.1 Å². The van der Waals surface area contributed by atoms with Crippen molar-refractivity contribution in [1.29, 1.82) is 0 Å². The first-order valence-corrected chi connectivity index (χ1v) is 7.93. The van der Waals surface area contributed by atoms with Gasteiger partial charge in [-0.25, -0.2) is 4.79 Å². The Kier molecular flexibility index (Phi) is 4.68. The van der Waals surface area contributed by atoms with Gasteiger partial charge in [-0.3, -0.25) is 0 Å². The number of nitrogen functional groups attached to an aromatic ring is 1. The topological polar surface area (TPSA) is 95.1 Å². The van der Waals surface area contributed by atoms with E-state index in [0.717, 1.165) is 11.4 Å². The van der Waals surface area contributed by atoms with Crippen LogP contribution >= 0.6 is 0 Å². The van der Waals surface area contributed by atoms with Crippen molar-refractivity contribution in [2.75, 3.05) is 11.1 Å². The zero-order valence-corrected chi connectivity index (χ0v) is 14.0. The second kappa shape index (κ2) is 7.07. The molecule has 0 fully saturated rings. The molecule has 25 heavy (non-hydrogen) atoms. The van der Waals surface area contributed by atoms with Crippen molar-refractivity contribution in [1.82, 2.24) is 14.8 Å². The van der Waals surface area contributed by atoms with Gasteiger partial charge in [-0.2, -0.15) is 9.67 Å². The van der Waals surface area contributed by atoms with E-state index in [-0.39, 0.29) is 18.1 Å². The molecule has 1 heterocycles. The van der Waals surface area contributed by atoms with Gasteiger partial charge in [-0.05, 0) is 44.2 Å². The number of benzene rings is 1. The van der Waals surface area contributed by atoms with E-state index in [9.17, 15) is 4.79 Å². The van der Waals surface area contributed by atoms with E-state index in [1.54, 1.807) is 12.2 Å². The van der Waals surface area contributed by atoms with Crippen LogP contribution in [0, 0.1) is 0 Å². The number of nitrogens with two attached hydrogens (primary N) is 1. The average molecular weight is 337 g/mol. The first-order chi connectivity index (χ1) is 12.1. The molecular formula is C18H19N5O2. The summed E-state index contributed by atoms with van der Waals surface area (Å²) in [4.78, 5) is 15.2. The van der Waals surface area contributed by atoms with Crippen molar-refractivity contribution in [3.63, 3.8) is 0 Å². The average Bonchev–Trinajstić information content (AvgIpc) is 2.96. The molecule has 1 atom stereocenters. The van der Waals surface area contributed by atoms with Crippen LogP contribution < -0.4 is 15.8 Å². The molecule has 1 aromatic carbocycles. The predicted molar refractivity (Wildman–Crippen MR) is 96.4 cm³/mol. The zero-order chi connectivity index (χ0) is 17.8. The minimum absolute atomic E-state index is 0.107. The third-order valence-electron chi connectivity index (χ3n) is 3.51. The fraction of sp³-hybridized carbons (Fsp3) is 0.222. The van der Waals surface area contributed by atoms with Gasteiger partial charge in [0.2, 0.25) is 11.9 Å². The fourth-order valence-corrected chi connectivity index (χ4v) is 2.42. The first kappa shape index (κ1) is 16.5. The Balaban J connectivity index is 1.79. The van der Waals surface area contributed by atoms with Crippen LogP contribution in [-0.4, -0.2) is 32.9 Å². The molecule has 1 unspecified atom stereocenters. The minimum atomic E-state index is -0.334. The second-order valence-corrected chi connectivity index (χ2v) is 5.79. The van der Waals surface area contributed by atoms with Gasteiger partial charge in [0.05, 0.1) is 23.4 Å². The maximum atomic E-state index is 11.0. The van der Waals surface area contributed by atoms with E-state index in [4.69, 9.17) is 10.5 Å². The third-order valence-corrected chi connectivity index (χ3v) is 3.51. The van der Waals surface area contributed by atoms with E-state index < -0.39 is 0 Å². The van der Waals surface area contributed by atoms with Crippen LogP contribution in [0.3, 0.4) is 0 Å². The molecule has 0 amide bonds. The summed E-state index contributed by atoms with van der Waals surface area (Å²) in [6.45, 7) is 3.94. The van der Waals surface area contributed by atoms with Crippen molar-refractivity contribution < 1.29 is 9.53 Å². The quantitative estimate of drug-likeness (QED) is 0.813. The van der Waals surface area contributed by atoms with E-state index in [0.29, 0.717) is 11.5 Å². The minimum Gasteiger partial charge on any atom is -0.491 e. The van der Waals surface area contributed by atoms with Crippen molar-refractivity contribution in [3.8, 4) is 11.4 Å². The molecule has 3 rings (SSSR count). The number of allylic oxidation sites excluding steroid dienone is 2. The van der Waals surface area contributed by atoms with Crippen LogP contribution in [0.1, 0.15) is 13.8 Å². The summed E-state index contributed by atoms with van der Waals surface area (Å²) in [5.41, 5.74) is 7.21. The molecule has 2 aromatic rings. The fourth-order valence-electron chi connectivity index (χ4n) is 2.42. The zero-order valence-electron chi connectivity index (χ0n) is 14.0. The highest BCUT2D eigenvalue weighted by molar-refractivity contribution is 5.64. The molecule has 0 aliphatic heterocycles. The first-order valence-electron chi connectivity index (χ1n) is 7.93. The second-order valence-electron chi connectivity index (χ2n) is 5.79. The lowest BCUT2D eigenvalue weighted by Crippen LogP contribution is -2.21. The number of aromatic nitrogens is 3. The summed E-state index contributed by atoms with van der Waals surface area (Å²) in [6.07, 6.45) is 7.25. The van der Waals surface area contributed by atoms with E-state index in [1.165, 1.54) is 4.68 Å². The number of carbonyl (C=O) groups excluding carboxylic acids is 1. The van der Waals surface area contributed by atoms with Crippen LogP contribution in [0.5, 0.6) is 5.75 Å². The van der Waals surface area contributed by atoms with Crippen LogP contribution in [0.2, 0.25) is 0 Å². The van der Waals surface area contributed by atoms with Gasteiger partial charge in [-0.15, -0.1) is 5.10 Å². The number of hydrogen-bond donors (Lipinski definition) is 2. The van der Waals surface area contributed by atoms with Gasteiger partial charge in [-0.1, -0.05) is 18.2 Å². The summed E-state index contributed by atoms with van der Waals surface area (Å²) >= 11 is 0. The van der Waals surface area contributed by atoms with E-state index in [1.807, 2.05) is 56.2 Å². The largest absolute Gasteiger partial charge is 0.491 e. The van der Waals surface area contributed by atoms with Gasteiger partial charge in [0.15, 0.2) is 0 Å². The number of hydrogen-bond acceptors (Lipinski definition) is 6. The monoisotopic (exact) mass is 337 g/mol. The van der Waals surface area contributed by atoms with Crippen molar-refractivity contribution in [2.24, 2.45) is 0 Å². The van der Waals surface area contributed by atoms with Gasteiger partial charge in [0.1, 0.15) is 11.7 Å². The Morgan fingerprint density at radius 3 is 2.72 bits per heavy atom. The Labute approximate surface area is 145 Å². The Bertz CT molecular complexity index is 858. The molecule has 1 aliphatic rings. The molecule has 128 valence electrons. The van der Waals surface area contributed by atoms with Crippen LogP contribution in [-0.2, 0) is 4.79 Å². The number of nitrogens with one attached hydrogen (secondary N) is 1.